The van der Waals surface area contributed by atoms with Crippen LogP contribution in [0.2, 0.25) is 15.1 Å². The van der Waals surface area contributed by atoms with E-state index in [9.17, 15) is 4.79 Å². The molecule has 0 bridgehead atoms. The highest BCUT2D eigenvalue weighted by molar-refractivity contribution is 6.35. The monoisotopic (exact) mass is 499 g/mol. The van der Waals surface area contributed by atoms with Crippen LogP contribution in [0.4, 0.5) is 5.82 Å². The average Bonchev–Trinajstić information content (AvgIpc) is 3.13. The Labute approximate surface area is 206 Å². The molecule has 4 rings (SSSR count). The maximum absolute atomic E-state index is 12.8. The van der Waals surface area contributed by atoms with E-state index < -0.39 is 0 Å². The number of halogens is 3. The topological polar surface area (TPSA) is 56.1 Å². The molecule has 1 N–H and O–H groups in total. The maximum atomic E-state index is 12.8. The molecule has 0 aliphatic rings. The van der Waals surface area contributed by atoms with E-state index in [1.807, 2.05) is 43.3 Å². The van der Waals surface area contributed by atoms with E-state index in [1.165, 1.54) is 0 Å². The van der Waals surface area contributed by atoms with E-state index in [0.717, 1.165) is 16.8 Å². The van der Waals surface area contributed by atoms with E-state index in [1.54, 1.807) is 41.1 Å². The summed E-state index contributed by atoms with van der Waals surface area (Å²) in [5, 5.41) is 9.03. The Morgan fingerprint density at radius 1 is 0.970 bits per heavy atom. The number of aryl methyl sites for hydroxylation is 1. The lowest BCUT2D eigenvalue weighted by molar-refractivity contribution is 0.102. The Hall–Kier alpha value is -2.99. The molecule has 4 aromatic rings. The molecule has 0 radical (unpaired) electrons. The summed E-state index contributed by atoms with van der Waals surface area (Å²) in [7, 11) is 0. The lowest BCUT2D eigenvalue weighted by atomic mass is 10.1. The number of carbonyl (C=O) groups excluding carboxylic acids is 1. The quantitative estimate of drug-likeness (QED) is 0.296. The number of ether oxygens (including phenoxy) is 1. The third kappa shape index (κ3) is 5.88. The van der Waals surface area contributed by atoms with Crippen molar-refractivity contribution in [2.24, 2.45) is 0 Å². The van der Waals surface area contributed by atoms with Gasteiger partial charge in [-0.05, 0) is 54.4 Å². The molecule has 0 spiro atoms. The van der Waals surface area contributed by atoms with E-state index in [4.69, 9.17) is 39.5 Å². The van der Waals surface area contributed by atoms with Crippen LogP contribution in [0, 0.1) is 6.92 Å². The van der Waals surface area contributed by atoms with E-state index in [-0.39, 0.29) is 5.91 Å². The van der Waals surface area contributed by atoms with Gasteiger partial charge in [-0.3, -0.25) is 9.48 Å². The number of carbonyl (C=O) groups is 1. The first kappa shape index (κ1) is 23.2. The van der Waals surface area contributed by atoms with Crippen LogP contribution >= 0.6 is 34.8 Å². The van der Waals surface area contributed by atoms with Crippen LogP contribution in [0.5, 0.6) is 5.75 Å². The number of hydrogen-bond donors (Lipinski definition) is 1. The second-order valence-electron chi connectivity index (χ2n) is 7.44. The summed E-state index contributed by atoms with van der Waals surface area (Å²) in [6.07, 6.45) is 0. The Kier molecular flexibility index (Phi) is 7.23. The van der Waals surface area contributed by atoms with Crippen LogP contribution in [-0.4, -0.2) is 15.7 Å². The number of benzene rings is 3. The van der Waals surface area contributed by atoms with Crippen LogP contribution < -0.4 is 10.1 Å². The van der Waals surface area contributed by atoms with Crippen LogP contribution in [0.3, 0.4) is 0 Å². The molecule has 0 aliphatic heterocycles. The van der Waals surface area contributed by atoms with Crippen molar-refractivity contribution in [3.63, 3.8) is 0 Å². The number of aromatic nitrogens is 2. The zero-order valence-electron chi connectivity index (χ0n) is 17.7. The molecule has 168 valence electrons. The first-order valence-electron chi connectivity index (χ1n) is 10.1. The van der Waals surface area contributed by atoms with Crippen molar-refractivity contribution < 1.29 is 9.53 Å². The summed E-state index contributed by atoms with van der Waals surface area (Å²) >= 11 is 18.4. The number of amides is 1. The summed E-state index contributed by atoms with van der Waals surface area (Å²) in [4.78, 5) is 12.8. The van der Waals surface area contributed by atoms with Crippen LogP contribution in [-0.2, 0) is 13.2 Å². The van der Waals surface area contributed by atoms with Crippen molar-refractivity contribution in [3.05, 3.63) is 110 Å². The summed E-state index contributed by atoms with van der Waals surface area (Å²) < 4.78 is 7.55. The van der Waals surface area contributed by atoms with Crippen molar-refractivity contribution in [1.29, 1.82) is 0 Å². The minimum atomic E-state index is -0.260. The fraction of sp³-hybridized carbons (Fsp3) is 0.120. The Morgan fingerprint density at radius 3 is 2.58 bits per heavy atom. The van der Waals surface area contributed by atoms with Crippen molar-refractivity contribution in [1.82, 2.24) is 9.78 Å². The molecule has 8 heteroatoms. The van der Waals surface area contributed by atoms with Crippen LogP contribution in [0.1, 0.15) is 27.2 Å². The molecule has 3 aromatic carbocycles. The number of nitrogens with zero attached hydrogens (tertiary/aromatic N) is 2. The van der Waals surface area contributed by atoms with Gasteiger partial charge in [0.2, 0.25) is 0 Å². The van der Waals surface area contributed by atoms with Gasteiger partial charge in [0, 0.05) is 27.4 Å². The summed E-state index contributed by atoms with van der Waals surface area (Å²) in [5.74, 6) is 0.792. The molecule has 1 aromatic heterocycles. The fourth-order valence-corrected chi connectivity index (χ4v) is 3.91. The molecule has 33 heavy (non-hydrogen) atoms. The third-order valence-electron chi connectivity index (χ3n) is 4.98. The number of hydrogen-bond acceptors (Lipinski definition) is 3. The van der Waals surface area contributed by atoms with E-state index in [2.05, 4.69) is 10.4 Å². The van der Waals surface area contributed by atoms with Gasteiger partial charge in [-0.2, -0.15) is 5.10 Å². The Bertz CT molecular complexity index is 1300. The zero-order chi connectivity index (χ0) is 23.4. The molecule has 0 fully saturated rings. The van der Waals surface area contributed by atoms with Crippen molar-refractivity contribution in [2.45, 2.75) is 20.1 Å². The normalized spacial score (nSPS) is 10.8. The lowest BCUT2D eigenvalue weighted by Crippen LogP contribution is -2.13. The van der Waals surface area contributed by atoms with Gasteiger partial charge in [-0.15, -0.1) is 0 Å². The highest BCUT2D eigenvalue weighted by Crippen LogP contribution is 2.25. The number of para-hydroxylation sites is 1. The smallest absolute Gasteiger partial charge is 0.256 e. The molecule has 0 atom stereocenters. The minimum absolute atomic E-state index is 0.260. The second-order valence-corrected chi connectivity index (χ2v) is 8.69. The van der Waals surface area contributed by atoms with Gasteiger partial charge in [-0.25, -0.2) is 0 Å². The van der Waals surface area contributed by atoms with Crippen LogP contribution in [0.15, 0.2) is 72.8 Å². The summed E-state index contributed by atoms with van der Waals surface area (Å²) in [6.45, 7) is 2.67. The SMILES string of the molecule is Cc1cc(NC(=O)c2cccc(COc3ccccc3Cl)c2)nn1Cc1ccc(Cl)cc1Cl. The largest absolute Gasteiger partial charge is 0.487 e. The summed E-state index contributed by atoms with van der Waals surface area (Å²) in [6, 6.07) is 21.6. The van der Waals surface area contributed by atoms with Crippen molar-refractivity contribution >= 4 is 46.5 Å². The molecule has 1 amide bonds. The molecule has 0 saturated heterocycles. The minimum Gasteiger partial charge on any atom is -0.487 e. The average molecular weight is 501 g/mol. The molecule has 0 aliphatic carbocycles. The zero-order valence-corrected chi connectivity index (χ0v) is 20.0. The van der Waals surface area contributed by atoms with Gasteiger partial charge in [0.1, 0.15) is 12.4 Å². The number of anilines is 1. The summed E-state index contributed by atoms with van der Waals surface area (Å²) in [5.41, 5.74) is 3.12. The van der Waals surface area contributed by atoms with Gasteiger partial charge in [0.15, 0.2) is 5.82 Å². The maximum Gasteiger partial charge on any atom is 0.256 e. The highest BCUT2D eigenvalue weighted by atomic mass is 35.5. The Morgan fingerprint density at radius 2 is 1.79 bits per heavy atom. The van der Waals surface area contributed by atoms with E-state index >= 15 is 0 Å². The van der Waals surface area contributed by atoms with Gasteiger partial charge in [0.05, 0.1) is 11.6 Å². The lowest BCUT2D eigenvalue weighted by Gasteiger charge is -2.09. The van der Waals surface area contributed by atoms with Crippen LogP contribution in [0.25, 0.3) is 0 Å². The highest BCUT2D eigenvalue weighted by Gasteiger charge is 2.12. The number of rotatable bonds is 7. The molecular weight excluding hydrogens is 481 g/mol. The predicted molar refractivity (Wildman–Crippen MR) is 133 cm³/mol. The predicted octanol–water partition coefficient (Wildman–Crippen LogP) is 7.03. The molecule has 0 saturated carbocycles. The first-order chi connectivity index (χ1) is 15.9. The second kappa shape index (κ2) is 10.3. The molecule has 0 unspecified atom stereocenters. The molecule has 1 heterocycles. The van der Waals surface area contributed by atoms with Gasteiger partial charge in [-0.1, -0.05) is 65.1 Å². The first-order valence-corrected chi connectivity index (χ1v) is 11.3. The Balaban J connectivity index is 1.42. The van der Waals surface area contributed by atoms with Crippen molar-refractivity contribution in [3.8, 4) is 5.75 Å². The van der Waals surface area contributed by atoms with Gasteiger partial charge >= 0.3 is 0 Å². The van der Waals surface area contributed by atoms with E-state index in [0.29, 0.717) is 45.4 Å². The van der Waals surface area contributed by atoms with Gasteiger partial charge < -0.3 is 10.1 Å². The third-order valence-corrected chi connectivity index (χ3v) is 5.88. The van der Waals surface area contributed by atoms with Crippen molar-refractivity contribution in [2.75, 3.05) is 5.32 Å². The molecular formula is C25H20Cl3N3O2. The molecule has 5 nitrogen and oxygen atoms in total. The van der Waals surface area contributed by atoms with Gasteiger partial charge in [0.25, 0.3) is 5.91 Å². The standard InChI is InChI=1S/C25H20Cl3N3O2/c1-16-11-24(30-31(16)14-19-9-10-20(26)13-22(19)28)29-25(32)18-6-4-5-17(12-18)15-33-23-8-3-2-7-21(23)27/h2-13H,14-15H2,1H3,(H,29,30,32). The fourth-order valence-electron chi connectivity index (χ4n) is 3.26. The number of nitrogens with one attached hydrogen (secondary N) is 1.